The predicted octanol–water partition coefficient (Wildman–Crippen LogP) is 9.81. The standard InChI is InChI=1S/C23H32N2.C3H5F.C3H4.C2H6.CH4/c1-6-7-8-10-18(4)13-20-11-9-12-21-14-22-19(15-23(20,21)5)16-24-25(22)17(2)3;1-3(2)4;1-3-2;1-2;/h6-8,10,14,16,19-20,22H,1-2,9,11-13,15H2,3-5H3;1H2,2H3;1H,2H3;1-2H3;1H4/b8-7-,18-10+;;;;/t19?,20?,22?,23-;;;;/m1..../s1. The summed E-state index contributed by atoms with van der Waals surface area (Å²) in [6, 6.07) is 0.395. The third kappa shape index (κ3) is 10.7. The van der Waals surface area contributed by atoms with Crippen LogP contribution >= 0.6 is 0 Å². The van der Waals surface area contributed by atoms with E-state index in [-0.39, 0.29) is 13.3 Å². The average Bonchev–Trinajstić information content (AvgIpc) is 3.17. The molecule has 3 unspecified atom stereocenters. The molecule has 0 amide bonds. The first-order valence-corrected chi connectivity index (χ1v) is 12.4. The van der Waals surface area contributed by atoms with E-state index < -0.39 is 0 Å². The van der Waals surface area contributed by atoms with Crippen LogP contribution in [0.4, 0.5) is 4.39 Å². The van der Waals surface area contributed by atoms with Gasteiger partial charge in [0.05, 0.1) is 11.9 Å². The minimum Gasteiger partial charge on any atom is -0.263 e. The first-order chi connectivity index (χ1) is 16.1. The fraction of sp³-hybridized carbons (Fsp3) is 0.531. The Morgan fingerprint density at radius 2 is 1.86 bits per heavy atom. The summed E-state index contributed by atoms with van der Waals surface area (Å²) in [4.78, 5) is 0. The van der Waals surface area contributed by atoms with Crippen molar-refractivity contribution in [3.8, 4) is 12.3 Å². The lowest BCUT2D eigenvalue weighted by Crippen LogP contribution is -2.43. The molecule has 196 valence electrons. The molecule has 0 aromatic heterocycles. The van der Waals surface area contributed by atoms with Crippen molar-refractivity contribution in [2.75, 3.05) is 0 Å². The molecule has 4 atom stereocenters. The molecule has 0 spiro atoms. The molecule has 3 rings (SSSR count). The van der Waals surface area contributed by atoms with E-state index in [1.165, 1.54) is 44.6 Å². The maximum absolute atomic E-state index is 10.8. The Morgan fingerprint density at radius 3 is 2.37 bits per heavy atom. The Labute approximate surface area is 217 Å². The van der Waals surface area contributed by atoms with E-state index in [4.69, 9.17) is 0 Å². The van der Waals surface area contributed by atoms with Gasteiger partial charge in [-0.15, -0.1) is 12.3 Å². The molecule has 2 aliphatic carbocycles. The van der Waals surface area contributed by atoms with Gasteiger partial charge in [0.15, 0.2) is 0 Å². The van der Waals surface area contributed by atoms with Gasteiger partial charge in [0, 0.05) is 17.8 Å². The number of hydrogen-bond donors (Lipinski definition) is 0. The van der Waals surface area contributed by atoms with Crippen molar-refractivity contribution >= 4 is 6.21 Å². The zero-order valence-electron chi connectivity index (χ0n) is 22.7. The van der Waals surface area contributed by atoms with Gasteiger partial charge in [-0.2, -0.15) is 5.10 Å². The highest BCUT2D eigenvalue weighted by Gasteiger charge is 2.47. The Bertz CT molecular complexity index is 832. The van der Waals surface area contributed by atoms with Crippen LogP contribution < -0.4 is 0 Å². The second kappa shape index (κ2) is 17.8. The maximum Gasteiger partial charge on any atom is 0.0897 e. The van der Waals surface area contributed by atoms with Gasteiger partial charge in [0.25, 0.3) is 0 Å². The number of rotatable bonds is 5. The summed E-state index contributed by atoms with van der Waals surface area (Å²) in [7, 11) is 0. The smallest absolute Gasteiger partial charge is 0.0897 e. The van der Waals surface area contributed by atoms with Crippen molar-refractivity contribution in [2.45, 2.75) is 94.0 Å². The number of halogens is 1. The molecule has 0 aromatic carbocycles. The molecule has 0 saturated heterocycles. The van der Waals surface area contributed by atoms with Gasteiger partial charge in [-0.25, -0.2) is 4.39 Å². The topological polar surface area (TPSA) is 15.6 Å². The molecule has 3 heteroatoms. The van der Waals surface area contributed by atoms with E-state index in [0.29, 0.717) is 17.4 Å². The normalized spacial score (nSPS) is 25.9. The highest BCUT2D eigenvalue weighted by atomic mass is 19.1. The molecule has 1 heterocycles. The van der Waals surface area contributed by atoms with Crippen LogP contribution in [-0.2, 0) is 0 Å². The fourth-order valence-electron chi connectivity index (χ4n) is 4.98. The first kappa shape index (κ1) is 34.6. The Hall–Kier alpha value is -2.60. The summed E-state index contributed by atoms with van der Waals surface area (Å²) in [5.41, 5.74) is 4.49. The summed E-state index contributed by atoms with van der Waals surface area (Å²) in [5.74, 6) is 3.17. The number of hydrazone groups is 1. The first-order valence-electron chi connectivity index (χ1n) is 12.4. The molecule has 35 heavy (non-hydrogen) atoms. The Kier molecular flexibility index (Phi) is 17.6. The van der Waals surface area contributed by atoms with Crippen molar-refractivity contribution in [2.24, 2.45) is 22.4 Å². The van der Waals surface area contributed by atoms with Crippen LogP contribution in [0.3, 0.4) is 0 Å². The summed E-state index contributed by atoms with van der Waals surface area (Å²) < 4.78 is 10.8. The molecule has 0 bridgehead atoms. The van der Waals surface area contributed by atoms with Crippen LogP contribution in [0.15, 0.2) is 77.9 Å². The van der Waals surface area contributed by atoms with Gasteiger partial charge in [-0.3, -0.25) is 5.01 Å². The SMILES string of the molecule is C.C#CC.C=C(C)F.C=C/C=C\C=C(/C)CC1CCCC2=CC3C(C=NN3C(=C)C)C[C@@]21C.CC. The van der Waals surface area contributed by atoms with E-state index in [2.05, 4.69) is 87.4 Å². The lowest BCUT2D eigenvalue weighted by Gasteiger charge is -2.49. The highest BCUT2D eigenvalue weighted by Crippen LogP contribution is 2.55. The molecule has 0 N–H and O–H groups in total. The largest absolute Gasteiger partial charge is 0.263 e. The van der Waals surface area contributed by atoms with E-state index in [1.54, 1.807) is 12.5 Å². The minimum atomic E-state index is -0.333. The second-order valence-electron chi connectivity index (χ2n) is 9.20. The van der Waals surface area contributed by atoms with Crippen LogP contribution in [0.5, 0.6) is 0 Å². The van der Waals surface area contributed by atoms with Crippen LogP contribution in [0.1, 0.15) is 88.0 Å². The van der Waals surface area contributed by atoms with Crippen LogP contribution in [0.2, 0.25) is 0 Å². The second-order valence-corrected chi connectivity index (χ2v) is 9.20. The number of hydrogen-bond acceptors (Lipinski definition) is 2. The van der Waals surface area contributed by atoms with E-state index in [0.717, 1.165) is 11.6 Å². The quantitative estimate of drug-likeness (QED) is 0.216. The van der Waals surface area contributed by atoms with Crippen molar-refractivity contribution in [1.29, 1.82) is 0 Å². The molecule has 1 saturated carbocycles. The van der Waals surface area contributed by atoms with Crippen LogP contribution in [-0.4, -0.2) is 17.3 Å². The summed E-state index contributed by atoms with van der Waals surface area (Å²) in [6.07, 6.45) is 23.8. The van der Waals surface area contributed by atoms with E-state index in [9.17, 15) is 4.39 Å². The van der Waals surface area contributed by atoms with E-state index in [1.807, 2.05) is 26.0 Å². The highest BCUT2D eigenvalue weighted by molar-refractivity contribution is 5.66. The maximum atomic E-state index is 10.8. The van der Waals surface area contributed by atoms with Crippen LogP contribution in [0, 0.1) is 29.6 Å². The predicted molar refractivity (Wildman–Crippen MR) is 157 cm³/mol. The van der Waals surface area contributed by atoms with Crippen molar-refractivity contribution < 1.29 is 4.39 Å². The molecule has 1 aliphatic heterocycles. The van der Waals surface area contributed by atoms with E-state index >= 15 is 0 Å². The van der Waals surface area contributed by atoms with Gasteiger partial charge in [-0.1, -0.05) is 89.5 Å². The minimum absolute atomic E-state index is 0. The Balaban J connectivity index is 0. The number of terminal acetylenes is 1. The Morgan fingerprint density at radius 1 is 1.29 bits per heavy atom. The lowest BCUT2D eigenvalue weighted by atomic mass is 9.56. The molecule has 0 radical (unpaired) electrons. The third-order valence-corrected chi connectivity index (χ3v) is 6.36. The van der Waals surface area contributed by atoms with Crippen LogP contribution in [0.25, 0.3) is 0 Å². The number of allylic oxidation sites excluding steroid dienone is 8. The van der Waals surface area contributed by atoms with Crippen molar-refractivity contribution in [3.05, 3.63) is 72.8 Å². The van der Waals surface area contributed by atoms with Gasteiger partial charge in [0.2, 0.25) is 0 Å². The summed E-state index contributed by atoms with van der Waals surface area (Å²) in [5, 5.41) is 6.76. The van der Waals surface area contributed by atoms with Crippen molar-refractivity contribution in [3.63, 3.8) is 0 Å². The average molecular weight is 483 g/mol. The third-order valence-electron chi connectivity index (χ3n) is 6.36. The molecule has 2 nitrogen and oxygen atoms in total. The lowest BCUT2D eigenvalue weighted by molar-refractivity contribution is 0.123. The zero-order chi connectivity index (χ0) is 26.3. The fourth-order valence-corrected chi connectivity index (χ4v) is 4.98. The van der Waals surface area contributed by atoms with Crippen molar-refractivity contribution in [1.82, 2.24) is 5.01 Å². The van der Waals surface area contributed by atoms with Gasteiger partial charge < -0.3 is 0 Å². The molecule has 0 aromatic rings. The molecule has 1 fully saturated rings. The summed E-state index contributed by atoms with van der Waals surface area (Å²) in [6.45, 7) is 24.5. The zero-order valence-corrected chi connectivity index (χ0v) is 22.7. The number of nitrogens with zero attached hydrogens (tertiary/aromatic N) is 2. The molecule has 3 aliphatic rings. The molecular weight excluding hydrogens is 431 g/mol. The van der Waals surface area contributed by atoms with Gasteiger partial charge >= 0.3 is 0 Å². The van der Waals surface area contributed by atoms with Gasteiger partial charge in [0.1, 0.15) is 0 Å². The summed E-state index contributed by atoms with van der Waals surface area (Å²) >= 11 is 0. The number of fused-ring (bicyclic) bond motifs is 2. The van der Waals surface area contributed by atoms with Gasteiger partial charge in [-0.05, 0) is 71.1 Å². The monoisotopic (exact) mass is 482 g/mol. The molecular formula is C32H51FN2.